The predicted molar refractivity (Wildman–Crippen MR) is 77.2 cm³/mol. The van der Waals surface area contributed by atoms with Gasteiger partial charge in [0.25, 0.3) is 0 Å². The third-order valence-corrected chi connectivity index (χ3v) is 4.00. The van der Waals surface area contributed by atoms with E-state index < -0.39 is 0 Å². The van der Waals surface area contributed by atoms with E-state index in [2.05, 4.69) is 9.97 Å². The van der Waals surface area contributed by atoms with Crippen molar-refractivity contribution in [2.24, 2.45) is 0 Å². The number of aromatic hydroxyl groups is 1. The first-order valence-corrected chi connectivity index (χ1v) is 6.72. The van der Waals surface area contributed by atoms with Gasteiger partial charge in [-0.2, -0.15) is 0 Å². The highest BCUT2D eigenvalue weighted by molar-refractivity contribution is 7.15. The van der Waals surface area contributed by atoms with Gasteiger partial charge < -0.3 is 5.11 Å². The largest absolute Gasteiger partial charge is 0.507 e. The summed E-state index contributed by atoms with van der Waals surface area (Å²) in [6.07, 6.45) is 5.34. The molecule has 0 unspecified atom stereocenters. The molecule has 4 heteroatoms. The van der Waals surface area contributed by atoms with Gasteiger partial charge in [-0.05, 0) is 37.3 Å². The van der Waals surface area contributed by atoms with Gasteiger partial charge in [0.05, 0.1) is 5.69 Å². The van der Waals surface area contributed by atoms with E-state index in [1.165, 1.54) is 0 Å². The number of rotatable bonds is 2. The molecule has 0 bridgehead atoms. The third-order valence-electron chi connectivity index (χ3n) is 2.92. The fourth-order valence-corrected chi connectivity index (χ4v) is 2.75. The summed E-state index contributed by atoms with van der Waals surface area (Å²) < 4.78 is 0. The van der Waals surface area contributed by atoms with Gasteiger partial charge in [0, 0.05) is 39.5 Å². The number of hydrogen-bond acceptors (Lipinski definition) is 4. The highest BCUT2D eigenvalue weighted by Crippen LogP contribution is 2.34. The second-order valence-electron chi connectivity index (χ2n) is 4.22. The lowest BCUT2D eigenvalue weighted by atomic mass is 10.1. The minimum Gasteiger partial charge on any atom is -0.507 e. The van der Waals surface area contributed by atoms with Crippen LogP contribution in [0.4, 0.5) is 0 Å². The Balaban J connectivity index is 1.95. The quantitative estimate of drug-likeness (QED) is 0.767. The van der Waals surface area contributed by atoms with Crippen molar-refractivity contribution in [1.82, 2.24) is 9.97 Å². The Kier molecular flexibility index (Phi) is 3.01. The van der Waals surface area contributed by atoms with Gasteiger partial charge in [0.2, 0.25) is 0 Å². The van der Waals surface area contributed by atoms with Crippen LogP contribution < -0.4 is 0 Å². The Morgan fingerprint density at radius 2 is 1.84 bits per heavy atom. The molecule has 3 rings (SSSR count). The van der Waals surface area contributed by atoms with Crippen LogP contribution in [0.2, 0.25) is 0 Å². The van der Waals surface area contributed by atoms with E-state index in [1.807, 2.05) is 37.4 Å². The number of thiophene rings is 1. The Morgan fingerprint density at radius 3 is 2.42 bits per heavy atom. The first-order valence-electron chi connectivity index (χ1n) is 5.90. The molecule has 3 aromatic rings. The van der Waals surface area contributed by atoms with E-state index in [0.717, 1.165) is 26.6 Å². The van der Waals surface area contributed by atoms with Crippen LogP contribution >= 0.6 is 11.3 Å². The Hall–Kier alpha value is -2.20. The van der Waals surface area contributed by atoms with Crippen LogP contribution in [0, 0.1) is 6.92 Å². The van der Waals surface area contributed by atoms with Gasteiger partial charge in [-0.1, -0.05) is 0 Å². The summed E-state index contributed by atoms with van der Waals surface area (Å²) >= 11 is 1.57. The molecule has 0 fully saturated rings. The van der Waals surface area contributed by atoms with Crippen LogP contribution in [0.5, 0.6) is 5.75 Å². The molecular weight excluding hydrogens is 256 g/mol. The molecular formula is C15H12N2OS. The van der Waals surface area contributed by atoms with E-state index in [4.69, 9.17) is 0 Å². The molecule has 3 aromatic heterocycles. The van der Waals surface area contributed by atoms with Crippen molar-refractivity contribution in [2.45, 2.75) is 6.92 Å². The molecule has 94 valence electrons. The molecule has 0 saturated heterocycles. The van der Waals surface area contributed by atoms with Crippen molar-refractivity contribution in [3.63, 3.8) is 0 Å². The monoisotopic (exact) mass is 268 g/mol. The van der Waals surface area contributed by atoms with Crippen molar-refractivity contribution in [3.05, 3.63) is 53.8 Å². The maximum Gasteiger partial charge on any atom is 0.129 e. The van der Waals surface area contributed by atoms with E-state index in [0.29, 0.717) is 5.75 Å². The molecule has 0 aliphatic rings. The number of pyridine rings is 2. The zero-order valence-corrected chi connectivity index (χ0v) is 11.2. The maximum absolute atomic E-state index is 9.62. The SMILES string of the molecule is Cc1sc(-c2ccc(-c3ccncc3)nc2)cc1O. The Labute approximate surface area is 115 Å². The second-order valence-corrected chi connectivity index (χ2v) is 5.48. The van der Waals surface area contributed by atoms with Crippen LogP contribution in [-0.4, -0.2) is 15.1 Å². The van der Waals surface area contributed by atoms with Crippen LogP contribution in [0.1, 0.15) is 4.88 Å². The standard InChI is InChI=1S/C15H12N2OS/c1-10-14(18)8-15(19-10)12-2-3-13(17-9-12)11-4-6-16-7-5-11/h2-9,18H,1H3. The number of aromatic nitrogens is 2. The van der Waals surface area contributed by atoms with E-state index in [9.17, 15) is 5.11 Å². The molecule has 3 heterocycles. The summed E-state index contributed by atoms with van der Waals surface area (Å²) in [6.45, 7) is 1.91. The summed E-state index contributed by atoms with van der Waals surface area (Å²) in [5.74, 6) is 0.346. The fourth-order valence-electron chi connectivity index (χ4n) is 1.85. The average Bonchev–Trinajstić information content (AvgIpc) is 2.80. The zero-order valence-electron chi connectivity index (χ0n) is 10.4. The van der Waals surface area contributed by atoms with Gasteiger partial charge in [0.15, 0.2) is 0 Å². The maximum atomic E-state index is 9.62. The lowest BCUT2D eigenvalue weighted by molar-refractivity contribution is 0.474. The lowest BCUT2D eigenvalue weighted by Crippen LogP contribution is -1.84. The molecule has 0 aliphatic carbocycles. The summed E-state index contributed by atoms with van der Waals surface area (Å²) in [5, 5.41) is 9.62. The predicted octanol–water partition coefficient (Wildman–Crippen LogP) is 3.89. The van der Waals surface area contributed by atoms with E-state index in [-0.39, 0.29) is 0 Å². The Bertz CT molecular complexity index is 670. The minimum atomic E-state index is 0.346. The summed E-state index contributed by atoms with van der Waals surface area (Å²) in [5.41, 5.74) is 2.99. The molecule has 0 aliphatic heterocycles. The topological polar surface area (TPSA) is 46.0 Å². The highest BCUT2D eigenvalue weighted by atomic mass is 32.1. The first-order chi connectivity index (χ1) is 9.24. The molecule has 0 spiro atoms. The van der Waals surface area contributed by atoms with E-state index in [1.54, 1.807) is 29.8 Å². The minimum absolute atomic E-state index is 0.346. The number of hydrogen-bond donors (Lipinski definition) is 1. The van der Waals surface area contributed by atoms with Crippen LogP contribution in [0.3, 0.4) is 0 Å². The van der Waals surface area contributed by atoms with Crippen molar-refractivity contribution < 1.29 is 5.11 Å². The molecule has 0 radical (unpaired) electrons. The van der Waals surface area contributed by atoms with Crippen LogP contribution in [0.15, 0.2) is 48.9 Å². The lowest BCUT2D eigenvalue weighted by Gasteiger charge is -2.01. The molecule has 0 atom stereocenters. The smallest absolute Gasteiger partial charge is 0.129 e. The van der Waals surface area contributed by atoms with Crippen molar-refractivity contribution in [1.29, 1.82) is 0 Å². The molecule has 1 N–H and O–H groups in total. The van der Waals surface area contributed by atoms with Gasteiger partial charge >= 0.3 is 0 Å². The summed E-state index contributed by atoms with van der Waals surface area (Å²) in [6, 6.07) is 9.65. The normalized spacial score (nSPS) is 10.6. The van der Waals surface area contributed by atoms with Crippen molar-refractivity contribution >= 4 is 11.3 Å². The van der Waals surface area contributed by atoms with Crippen molar-refractivity contribution in [3.8, 4) is 27.4 Å². The van der Waals surface area contributed by atoms with Gasteiger partial charge in [0.1, 0.15) is 5.75 Å². The molecule has 0 saturated carbocycles. The van der Waals surface area contributed by atoms with E-state index >= 15 is 0 Å². The van der Waals surface area contributed by atoms with Crippen LogP contribution in [0.25, 0.3) is 21.7 Å². The molecule has 0 aromatic carbocycles. The highest BCUT2D eigenvalue weighted by Gasteiger charge is 2.07. The zero-order chi connectivity index (χ0) is 13.2. The third kappa shape index (κ3) is 2.35. The number of aryl methyl sites for hydroxylation is 1. The molecule has 3 nitrogen and oxygen atoms in total. The van der Waals surface area contributed by atoms with Crippen molar-refractivity contribution in [2.75, 3.05) is 0 Å². The Morgan fingerprint density at radius 1 is 1.05 bits per heavy atom. The second kappa shape index (κ2) is 4.82. The van der Waals surface area contributed by atoms with Gasteiger partial charge in [-0.3, -0.25) is 9.97 Å². The summed E-state index contributed by atoms with van der Waals surface area (Å²) in [4.78, 5) is 10.4. The average molecular weight is 268 g/mol. The number of nitrogens with zero attached hydrogens (tertiary/aromatic N) is 2. The van der Waals surface area contributed by atoms with Crippen LogP contribution in [-0.2, 0) is 0 Å². The molecule has 0 amide bonds. The molecule has 19 heavy (non-hydrogen) atoms. The summed E-state index contributed by atoms with van der Waals surface area (Å²) in [7, 11) is 0. The fraction of sp³-hybridized carbons (Fsp3) is 0.0667. The van der Waals surface area contributed by atoms with Gasteiger partial charge in [-0.25, -0.2) is 0 Å². The van der Waals surface area contributed by atoms with Gasteiger partial charge in [-0.15, -0.1) is 11.3 Å². The first kappa shape index (κ1) is 11.9.